The van der Waals surface area contributed by atoms with Crippen LogP contribution in [-0.4, -0.2) is 20.2 Å². The number of nitrogen functional groups attached to an aromatic ring is 1. The second-order valence-electron chi connectivity index (χ2n) is 4.56. The molecule has 0 aliphatic heterocycles. The summed E-state index contributed by atoms with van der Waals surface area (Å²) in [5.74, 6) is -1.26. The van der Waals surface area contributed by atoms with Gasteiger partial charge in [0, 0.05) is 11.3 Å². The normalized spacial score (nSPS) is 10.8. The van der Waals surface area contributed by atoms with Crippen LogP contribution in [-0.2, 0) is 0 Å². The summed E-state index contributed by atoms with van der Waals surface area (Å²) in [6, 6.07) is 8.77. The first-order chi connectivity index (χ1) is 10.1. The Morgan fingerprint density at radius 2 is 1.81 bits per heavy atom. The number of nitrogens with two attached hydrogens (primary N) is 1. The van der Waals surface area contributed by atoms with Crippen molar-refractivity contribution < 1.29 is 8.78 Å². The standard InChI is InChI=1S/C14H11F2N5/c1-8-5-6-9(17)7-10(8)14-18-19-20-21(14)13-11(15)3-2-4-12(13)16/h2-7H,17H2,1H3. The van der Waals surface area contributed by atoms with E-state index < -0.39 is 11.6 Å². The number of nitrogens with zero attached hydrogens (tertiary/aromatic N) is 4. The highest BCUT2D eigenvalue weighted by atomic mass is 19.1. The Morgan fingerprint density at radius 3 is 2.52 bits per heavy atom. The summed E-state index contributed by atoms with van der Waals surface area (Å²) >= 11 is 0. The van der Waals surface area contributed by atoms with Gasteiger partial charge in [-0.25, -0.2) is 8.78 Å². The first kappa shape index (κ1) is 13.2. The van der Waals surface area contributed by atoms with E-state index in [1.165, 1.54) is 6.07 Å². The molecule has 21 heavy (non-hydrogen) atoms. The third-order valence-electron chi connectivity index (χ3n) is 3.12. The minimum Gasteiger partial charge on any atom is -0.399 e. The van der Waals surface area contributed by atoms with Gasteiger partial charge in [0.05, 0.1) is 0 Å². The number of anilines is 1. The second-order valence-corrected chi connectivity index (χ2v) is 4.56. The van der Waals surface area contributed by atoms with E-state index >= 15 is 0 Å². The van der Waals surface area contributed by atoms with Crippen molar-refractivity contribution in [3.63, 3.8) is 0 Å². The number of rotatable bonds is 2. The molecule has 0 spiro atoms. The Morgan fingerprint density at radius 1 is 1.10 bits per heavy atom. The van der Waals surface area contributed by atoms with Gasteiger partial charge in [-0.15, -0.1) is 5.10 Å². The van der Waals surface area contributed by atoms with Crippen molar-refractivity contribution in [2.45, 2.75) is 6.92 Å². The molecule has 0 unspecified atom stereocenters. The van der Waals surface area contributed by atoms with Crippen LogP contribution in [0.2, 0.25) is 0 Å². The number of halogens is 2. The zero-order valence-electron chi connectivity index (χ0n) is 11.1. The lowest BCUT2D eigenvalue weighted by molar-refractivity contribution is 0.557. The lowest BCUT2D eigenvalue weighted by atomic mass is 10.1. The second kappa shape index (κ2) is 4.93. The maximum atomic E-state index is 13.9. The molecule has 0 saturated carbocycles. The fourth-order valence-electron chi connectivity index (χ4n) is 2.08. The fourth-order valence-corrected chi connectivity index (χ4v) is 2.08. The zero-order chi connectivity index (χ0) is 15.0. The Labute approximate surface area is 119 Å². The van der Waals surface area contributed by atoms with Gasteiger partial charge >= 0.3 is 0 Å². The van der Waals surface area contributed by atoms with Crippen LogP contribution in [0.15, 0.2) is 36.4 Å². The average Bonchev–Trinajstić information content (AvgIpc) is 2.90. The summed E-state index contributed by atoms with van der Waals surface area (Å²) in [5, 5.41) is 11.1. The third kappa shape index (κ3) is 2.22. The number of tetrazole rings is 1. The van der Waals surface area contributed by atoms with E-state index in [2.05, 4.69) is 15.5 Å². The molecule has 1 heterocycles. The van der Waals surface area contributed by atoms with Gasteiger partial charge in [0.2, 0.25) is 0 Å². The first-order valence-corrected chi connectivity index (χ1v) is 6.17. The molecule has 0 atom stereocenters. The molecule has 3 aromatic rings. The summed E-state index contributed by atoms with van der Waals surface area (Å²) in [7, 11) is 0. The van der Waals surface area contributed by atoms with Crippen molar-refractivity contribution in [1.29, 1.82) is 0 Å². The highest BCUT2D eigenvalue weighted by Gasteiger charge is 2.19. The lowest BCUT2D eigenvalue weighted by Gasteiger charge is -2.09. The van der Waals surface area contributed by atoms with Crippen molar-refractivity contribution in [2.24, 2.45) is 0 Å². The lowest BCUT2D eigenvalue weighted by Crippen LogP contribution is -2.06. The van der Waals surface area contributed by atoms with Gasteiger partial charge in [-0.1, -0.05) is 12.1 Å². The van der Waals surface area contributed by atoms with Crippen LogP contribution in [0.25, 0.3) is 17.1 Å². The van der Waals surface area contributed by atoms with Crippen LogP contribution < -0.4 is 5.73 Å². The number of benzene rings is 2. The molecule has 2 aromatic carbocycles. The van der Waals surface area contributed by atoms with Gasteiger partial charge in [0.1, 0.15) is 5.69 Å². The van der Waals surface area contributed by atoms with Crippen LogP contribution >= 0.6 is 0 Å². The van der Waals surface area contributed by atoms with E-state index in [0.717, 1.165) is 22.4 Å². The predicted octanol–water partition coefficient (Wildman–Crippen LogP) is 2.50. The van der Waals surface area contributed by atoms with Crippen LogP contribution in [0, 0.1) is 18.6 Å². The van der Waals surface area contributed by atoms with E-state index in [-0.39, 0.29) is 11.5 Å². The molecule has 0 saturated heterocycles. The van der Waals surface area contributed by atoms with E-state index in [9.17, 15) is 8.78 Å². The van der Waals surface area contributed by atoms with Gasteiger partial charge in [0.15, 0.2) is 17.5 Å². The quantitative estimate of drug-likeness (QED) is 0.735. The third-order valence-corrected chi connectivity index (χ3v) is 3.12. The number of para-hydroxylation sites is 1. The Hall–Kier alpha value is -2.83. The molecule has 2 N–H and O–H groups in total. The molecule has 106 valence electrons. The summed E-state index contributed by atoms with van der Waals surface area (Å²) in [4.78, 5) is 0. The van der Waals surface area contributed by atoms with Crippen LogP contribution in [0.3, 0.4) is 0 Å². The molecule has 7 heteroatoms. The first-order valence-electron chi connectivity index (χ1n) is 6.17. The molecule has 0 radical (unpaired) electrons. The largest absolute Gasteiger partial charge is 0.399 e. The molecule has 1 aromatic heterocycles. The maximum Gasteiger partial charge on any atom is 0.187 e. The van der Waals surface area contributed by atoms with E-state index in [0.29, 0.717) is 11.3 Å². The molecular formula is C14H11F2N5. The Balaban J connectivity index is 2.25. The number of aryl methyl sites for hydroxylation is 1. The molecule has 3 rings (SSSR count). The minimum absolute atomic E-state index is 0.226. The van der Waals surface area contributed by atoms with Gasteiger partial charge in [-0.05, 0) is 47.2 Å². The van der Waals surface area contributed by atoms with E-state index in [4.69, 9.17) is 5.73 Å². The van der Waals surface area contributed by atoms with Crippen molar-refractivity contribution in [1.82, 2.24) is 20.2 Å². The topological polar surface area (TPSA) is 69.6 Å². The SMILES string of the molecule is Cc1ccc(N)cc1-c1nnnn1-c1c(F)cccc1F. The fraction of sp³-hybridized carbons (Fsp3) is 0.0714. The molecule has 0 amide bonds. The van der Waals surface area contributed by atoms with Gasteiger partial charge < -0.3 is 5.73 Å². The maximum absolute atomic E-state index is 13.9. The van der Waals surface area contributed by atoms with Gasteiger partial charge in [0.25, 0.3) is 0 Å². The Kier molecular flexibility index (Phi) is 3.09. The van der Waals surface area contributed by atoms with Crippen LogP contribution in [0.4, 0.5) is 14.5 Å². The highest BCUT2D eigenvalue weighted by Crippen LogP contribution is 2.27. The smallest absolute Gasteiger partial charge is 0.187 e. The Bertz CT molecular complexity index is 793. The van der Waals surface area contributed by atoms with Crippen molar-refractivity contribution in [3.8, 4) is 17.1 Å². The molecule has 0 aliphatic carbocycles. The number of hydrogen-bond acceptors (Lipinski definition) is 4. The molecule has 5 nitrogen and oxygen atoms in total. The summed E-state index contributed by atoms with van der Waals surface area (Å²) in [5.41, 5.74) is 7.41. The summed E-state index contributed by atoms with van der Waals surface area (Å²) < 4.78 is 28.9. The number of aromatic nitrogens is 4. The van der Waals surface area contributed by atoms with Crippen LogP contribution in [0.5, 0.6) is 0 Å². The van der Waals surface area contributed by atoms with Crippen LogP contribution in [0.1, 0.15) is 5.56 Å². The monoisotopic (exact) mass is 287 g/mol. The number of hydrogen-bond donors (Lipinski definition) is 1. The molecule has 0 fully saturated rings. The zero-order valence-corrected chi connectivity index (χ0v) is 11.1. The molecular weight excluding hydrogens is 276 g/mol. The van der Waals surface area contributed by atoms with Crippen molar-refractivity contribution in [2.75, 3.05) is 5.73 Å². The van der Waals surface area contributed by atoms with Gasteiger partial charge in [-0.3, -0.25) is 0 Å². The van der Waals surface area contributed by atoms with E-state index in [1.54, 1.807) is 18.2 Å². The average molecular weight is 287 g/mol. The van der Waals surface area contributed by atoms with Crippen molar-refractivity contribution in [3.05, 3.63) is 53.6 Å². The van der Waals surface area contributed by atoms with E-state index in [1.807, 2.05) is 6.92 Å². The summed E-state index contributed by atoms with van der Waals surface area (Å²) in [6.07, 6.45) is 0. The predicted molar refractivity (Wildman–Crippen MR) is 73.7 cm³/mol. The van der Waals surface area contributed by atoms with Crippen molar-refractivity contribution >= 4 is 5.69 Å². The molecule has 0 bridgehead atoms. The highest BCUT2D eigenvalue weighted by molar-refractivity contribution is 5.66. The van der Waals surface area contributed by atoms with Gasteiger partial charge in [-0.2, -0.15) is 4.68 Å². The molecule has 0 aliphatic rings. The summed E-state index contributed by atoms with van der Waals surface area (Å²) in [6.45, 7) is 1.84. The minimum atomic E-state index is -0.745.